The quantitative estimate of drug-likeness (QED) is 0.915. The van der Waals surface area contributed by atoms with Crippen molar-refractivity contribution in [2.24, 2.45) is 0 Å². The third kappa shape index (κ3) is 2.88. The summed E-state index contributed by atoms with van der Waals surface area (Å²) in [6, 6.07) is 7.29. The molecule has 5 heteroatoms. The first kappa shape index (κ1) is 14.3. The van der Waals surface area contributed by atoms with Crippen LogP contribution in [0.4, 0.5) is 0 Å². The molecule has 20 heavy (non-hydrogen) atoms. The Bertz CT molecular complexity index is 677. The van der Waals surface area contributed by atoms with Crippen molar-refractivity contribution < 1.29 is 9.84 Å². The second-order valence-electron chi connectivity index (χ2n) is 4.71. The Kier molecular flexibility index (Phi) is 4.20. The molecular weight excluding hydrogens is 256 g/mol. The van der Waals surface area contributed by atoms with E-state index in [4.69, 9.17) is 4.74 Å². The fraction of sp³-hybridized carbons (Fsp3) is 0.333. The average molecular weight is 274 g/mol. The molecular formula is C15H18N2O3. The van der Waals surface area contributed by atoms with Gasteiger partial charge in [0.25, 0.3) is 0 Å². The zero-order valence-corrected chi connectivity index (χ0v) is 11.9. The second kappa shape index (κ2) is 5.88. The molecule has 0 radical (unpaired) electrons. The largest absolute Gasteiger partial charge is 0.496 e. The van der Waals surface area contributed by atoms with E-state index in [0.29, 0.717) is 18.0 Å². The summed E-state index contributed by atoms with van der Waals surface area (Å²) in [5, 5.41) is 9.22. The molecule has 0 aliphatic rings. The van der Waals surface area contributed by atoms with Crippen molar-refractivity contribution in [2.75, 3.05) is 7.11 Å². The van der Waals surface area contributed by atoms with Crippen LogP contribution < -0.4 is 10.4 Å². The summed E-state index contributed by atoms with van der Waals surface area (Å²) < 4.78 is 6.89. The molecule has 2 rings (SSSR count). The van der Waals surface area contributed by atoms with Crippen LogP contribution in [-0.2, 0) is 13.2 Å². The number of rotatable bonds is 4. The van der Waals surface area contributed by atoms with Gasteiger partial charge in [-0.2, -0.15) is 4.98 Å². The standard InChI is InChI=1S/C15H18N2O3/c1-10-6-11(2)17(15(19)16-10)8-13-7-12(9-18)4-5-14(13)20-3/h4-7,18H,8-9H2,1-3H3. The third-order valence-corrected chi connectivity index (χ3v) is 3.20. The predicted octanol–water partition coefficient (Wildman–Crippen LogP) is 1.41. The zero-order valence-electron chi connectivity index (χ0n) is 11.9. The van der Waals surface area contributed by atoms with Gasteiger partial charge < -0.3 is 9.84 Å². The van der Waals surface area contributed by atoms with E-state index in [-0.39, 0.29) is 12.3 Å². The zero-order chi connectivity index (χ0) is 14.7. The first-order valence-corrected chi connectivity index (χ1v) is 6.37. The minimum Gasteiger partial charge on any atom is -0.496 e. The number of nitrogens with zero attached hydrogens (tertiary/aromatic N) is 2. The molecule has 0 aliphatic carbocycles. The summed E-state index contributed by atoms with van der Waals surface area (Å²) in [5.41, 5.74) is 2.90. The molecule has 1 aromatic carbocycles. The Morgan fingerprint density at radius 2 is 2.05 bits per heavy atom. The van der Waals surface area contributed by atoms with E-state index in [2.05, 4.69) is 4.98 Å². The molecule has 0 spiro atoms. The third-order valence-electron chi connectivity index (χ3n) is 3.20. The Balaban J connectivity index is 2.46. The second-order valence-corrected chi connectivity index (χ2v) is 4.71. The van der Waals surface area contributed by atoms with Crippen molar-refractivity contribution in [3.8, 4) is 5.75 Å². The molecule has 0 saturated heterocycles. The van der Waals surface area contributed by atoms with Crippen LogP contribution in [0, 0.1) is 13.8 Å². The van der Waals surface area contributed by atoms with Crippen molar-refractivity contribution >= 4 is 0 Å². The Labute approximate surface area is 117 Å². The number of hydrogen-bond donors (Lipinski definition) is 1. The van der Waals surface area contributed by atoms with Crippen LogP contribution in [0.1, 0.15) is 22.5 Å². The van der Waals surface area contributed by atoms with Gasteiger partial charge in [-0.25, -0.2) is 4.79 Å². The van der Waals surface area contributed by atoms with Crippen LogP contribution in [0.2, 0.25) is 0 Å². The van der Waals surface area contributed by atoms with E-state index in [9.17, 15) is 9.90 Å². The minimum atomic E-state index is -0.279. The van der Waals surface area contributed by atoms with Crippen molar-refractivity contribution in [3.05, 3.63) is 57.3 Å². The van der Waals surface area contributed by atoms with Crippen molar-refractivity contribution in [2.45, 2.75) is 27.0 Å². The summed E-state index contributed by atoms with van der Waals surface area (Å²) >= 11 is 0. The first-order valence-electron chi connectivity index (χ1n) is 6.37. The molecule has 0 amide bonds. The molecule has 1 heterocycles. The van der Waals surface area contributed by atoms with Gasteiger partial charge in [-0.05, 0) is 37.6 Å². The molecule has 1 aromatic heterocycles. The summed E-state index contributed by atoms with van der Waals surface area (Å²) in [4.78, 5) is 15.9. The molecule has 0 saturated carbocycles. The van der Waals surface area contributed by atoms with Crippen molar-refractivity contribution in [3.63, 3.8) is 0 Å². The smallest absolute Gasteiger partial charge is 0.348 e. The molecule has 106 valence electrons. The minimum absolute atomic E-state index is 0.0446. The van der Waals surface area contributed by atoms with E-state index in [1.807, 2.05) is 19.1 Å². The van der Waals surface area contributed by atoms with Gasteiger partial charge >= 0.3 is 5.69 Å². The fourth-order valence-corrected chi connectivity index (χ4v) is 2.19. The SMILES string of the molecule is COc1ccc(CO)cc1Cn1c(C)cc(C)nc1=O. The topological polar surface area (TPSA) is 64.3 Å². The number of hydrogen-bond acceptors (Lipinski definition) is 4. The van der Waals surface area contributed by atoms with Gasteiger partial charge in [-0.15, -0.1) is 0 Å². The van der Waals surface area contributed by atoms with Crippen LogP contribution in [-0.4, -0.2) is 21.8 Å². The van der Waals surface area contributed by atoms with Gasteiger partial charge in [0.2, 0.25) is 0 Å². The van der Waals surface area contributed by atoms with Crippen LogP contribution in [0.5, 0.6) is 5.75 Å². The van der Waals surface area contributed by atoms with Gasteiger partial charge in [0, 0.05) is 17.0 Å². The van der Waals surface area contributed by atoms with E-state index >= 15 is 0 Å². The molecule has 0 unspecified atom stereocenters. The summed E-state index contributed by atoms with van der Waals surface area (Å²) in [7, 11) is 1.58. The number of aliphatic hydroxyl groups is 1. The summed E-state index contributed by atoms with van der Waals surface area (Å²) in [6.07, 6.45) is 0. The molecule has 0 aliphatic heterocycles. The van der Waals surface area contributed by atoms with E-state index in [1.165, 1.54) is 0 Å². The van der Waals surface area contributed by atoms with E-state index < -0.39 is 0 Å². The highest BCUT2D eigenvalue weighted by Crippen LogP contribution is 2.21. The van der Waals surface area contributed by atoms with Crippen LogP contribution in [0.15, 0.2) is 29.1 Å². The van der Waals surface area contributed by atoms with Gasteiger partial charge in [0.05, 0.1) is 20.3 Å². The predicted molar refractivity (Wildman–Crippen MR) is 76.0 cm³/mol. The lowest BCUT2D eigenvalue weighted by Gasteiger charge is -2.13. The average Bonchev–Trinajstić information content (AvgIpc) is 2.42. The molecule has 2 aromatic rings. The van der Waals surface area contributed by atoms with Gasteiger partial charge in [0.1, 0.15) is 5.75 Å². The summed E-state index contributed by atoms with van der Waals surface area (Å²) in [5.74, 6) is 0.689. The monoisotopic (exact) mass is 274 g/mol. The van der Waals surface area contributed by atoms with Crippen LogP contribution in [0.25, 0.3) is 0 Å². The summed E-state index contributed by atoms with van der Waals surface area (Å²) in [6.45, 7) is 4.00. The van der Waals surface area contributed by atoms with Crippen molar-refractivity contribution in [1.82, 2.24) is 9.55 Å². The number of methoxy groups -OCH3 is 1. The van der Waals surface area contributed by atoms with Gasteiger partial charge in [-0.1, -0.05) is 6.07 Å². The fourth-order valence-electron chi connectivity index (χ4n) is 2.19. The lowest BCUT2D eigenvalue weighted by molar-refractivity contribution is 0.281. The molecule has 0 atom stereocenters. The van der Waals surface area contributed by atoms with Gasteiger partial charge in [0.15, 0.2) is 0 Å². The molecule has 0 fully saturated rings. The highest BCUT2D eigenvalue weighted by molar-refractivity contribution is 5.37. The Morgan fingerprint density at radius 3 is 2.65 bits per heavy atom. The number of ether oxygens (including phenoxy) is 1. The highest BCUT2D eigenvalue weighted by Gasteiger charge is 2.09. The Hall–Kier alpha value is -2.14. The normalized spacial score (nSPS) is 10.6. The first-order chi connectivity index (χ1) is 9.55. The van der Waals surface area contributed by atoms with Crippen LogP contribution in [0.3, 0.4) is 0 Å². The van der Waals surface area contributed by atoms with E-state index in [1.54, 1.807) is 30.7 Å². The maximum atomic E-state index is 12.0. The number of aliphatic hydroxyl groups excluding tert-OH is 1. The number of aryl methyl sites for hydroxylation is 2. The van der Waals surface area contributed by atoms with E-state index in [0.717, 1.165) is 16.8 Å². The van der Waals surface area contributed by atoms with Crippen LogP contribution >= 0.6 is 0 Å². The molecule has 0 bridgehead atoms. The maximum Gasteiger partial charge on any atom is 0.348 e. The Morgan fingerprint density at radius 1 is 1.30 bits per heavy atom. The number of benzene rings is 1. The lowest BCUT2D eigenvalue weighted by Crippen LogP contribution is -2.26. The van der Waals surface area contributed by atoms with Crippen molar-refractivity contribution in [1.29, 1.82) is 0 Å². The number of aromatic nitrogens is 2. The molecule has 1 N–H and O–H groups in total. The highest BCUT2D eigenvalue weighted by atomic mass is 16.5. The lowest BCUT2D eigenvalue weighted by atomic mass is 10.1. The maximum absolute atomic E-state index is 12.0. The molecule has 5 nitrogen and oxygen atoms in total. The van der Waals surface area contributed by atoms with Gasteiger partial charge in [-0.3, -0.25) is 4.57 Å².